The molecule has 2 aromatic rings. The molecule has 0 atom stereocenters. The molecule has 0 aliphatic heterocycles. The number of fused-ring (bicyclic) bond motifs is 1. The Morgan fingerprint density at radius 1 is 1.44 bits per heavy atom. The third-order valence-corrected chi connectivity index (χ3v) is 3.32. The maximum absolute atomic E-state index is 10.4. The smallest absolute Gasteiger partial charge is 0.313 e. The summed E-state index contributed by atoms with van der Waals surface area (Å²) < 4.78 is 0. The van der Waals surface area contributed by atoms with Gasteiger partial charge in [-0.25, -0.2) is 0 Å². The number of hydrogen-bond acceptors (Lipinski definition) is 2. The minimum Gasteiger partial charge on any atom is -0.481 e. The van der Waals surface area contributed by atoms with E-state index in [4.69, 9.17) is 16.7 Å². The molecule has 2 N–H and O–H groups in total. The van der Waals surface area contributed by atoms with E-state index in [0.29, 0.717) is 10.8 Å². The van der Waals surface area contributed by atoms with Crippen LogP contribution in [-0.2, 0) is 10.5 Å². The van der Waals surface area contributed by atoms with Crippen molar-refractivity contribution in [2.45, 2.75) is 5.75 Å². The molecule has 0 saturated carbocycles. The number of carboxylic acids is 1. The first-order valence-electron chi connectivity index (χ1n) is 4.72. The molecule has 0 amide bonds. The number of carboxylic acid groups (broad SMARTS) is 1. The summed E-state index contributed by atoms with van der Waals surface area (Å²) in [6.07, 6.45) is 0. The Labute approximate surface area is 102 Å². The van der Waals surface area contributed by atoms with Crippen molar-refractivity contribution in [2.75, 3.05) is 5.75 Å². The molecule has 1 aromatic heterocycles. The van der Waals surface area contributed by atoms with Crippen molar-refractivity contribution >= 4 is 40.2 Å². The van der Waals surface area contributed by atoms with Crippen LogP contribution in [0.15, 0.2) is 24.3 Å². The first-order chi connectivity index (χ1) is 7.65. The van der Waals surface area contributed by atoms with E-state index in [9.17, 15) is 4.79 Å². The number of benzene rings is 1. The monoisotopic (exact) mass is 255 g/mol. The fraction of sp³-hybridized carbons (Fsp3) is 0.182. The lowest BCUT2D eigenvalue weighted by atomic mass is 10.2. The molecule has 3 nitrogen and oxygen atoms in total. The second-order valence-electron chi connectivity index (χ2n) is 3.41. The zero-order chi connectivity index (χ0) is 11.5. The largest absolute Gasteiger partial charge is 0.481 e. The van der Waals surface area contributed by atoms with Gasteiger partial charge in [-0.1, -0.05) is 11.6 Å². The van der Waals surface area contributed by atoms with E-state index in [1.807, 2.05) is 24.3 Å². The lowest BCUT2D eigenvalue weighted by Crippen LogP contribution is -1.98. The lowest BCUT2D eigenvalue weighted by Gasteiger charge is -1.94. The van der Waals surface area contributed by atoms with Crippen LogP contribution in [0.1, 0.15) is 5.69 Å². The molecule has 0 spiro atoms. The Hall–Kier alpha value is -1.13. The number of carbonyl (C=O) groups is 1. The fourth-order valence-electron chi connectivity index (χ4n) is 1.49. The number of rotatable bonds is 4. The molecule has 0 aliphatic carbocycles. The average Bonchev–Trinajstić information content (AvgIpc) is 2.58. The van der Waals surface area contributed by atoms with Gasteiger partial charge >= 0.3 is 5.97 Å². The zero-order valence-electron chi connectivity index (χ0n) is 8.37. The van der Waals surface area contributed by atoms with Crippen molar-refractivity contribution in [3.8, 4) is 0 Å². The molecule has 0 aliphatic rings. The molecular weight excluding hydrogens is 246 g/mol. The Balaban J connectivity index is 2.10. The zero-order valence-corrected chi connectivity index (χ0v) is 9.94. The predicted molar refractivity (Wildman–Crippen MR) is 67.1 cm³/mol. The highest BCUT2D eigenvalue weighted by molar-refractivity contribution is 7.99. The molecule has 0 bridgehead atoms. The van der Waals surface area contributed by atoms with Crippen LogP contribution in [0.3, 0.4) is 0 Å². The summed E-state index contributed by atoms with van der Waals surface area (Å²) in [5, 5.41) is 10.3. The quantitative estimate of drug-likeness (QED) is 0.883. The summed E-state index contributed by atoms with van der Waals surface area (Å²) in [6, 6.07) is 7.63. The number of aromatic nitrogens is 1. The summed E-state index contributed by atoms with van der Waals surface area (Å²) in [5.41, 5.74) is 2.04. The Morgan fingerprint density at radius 2 is 2.25 bits per heavy atom. The minimum atomic E-state index is -0.788. The highest BCUT2D eigenvalue weighted by Gasteiger charge is 2.03. The van der Waals surface area contributed by atoms with Gasteiger partial charge in [0.2, 0.25) is 0 Å². The van der Waals surface area contributed by atoms with Gasteiger partial charge in [0.1, 0.15) is 0 Å². The van der Waals surface area contributed by atoms with Crippen molar-refractivity contribution in [1.82, 2.24) is 4.98 Å². The van der Waals surface area contributed by atoms with Gasteiger partial charge in [0.25, 0.3) is 0 Å². The van der Waals surface area contributed by atoms with Crippen LogP contribution in [-0.4, -0.2) is 21.8 Å². The summed E-state index contributed by atoms with van der Waals surface area (Å²) in [5.74, 6) is -0.00139. The van der Waals surface area contributed by atoms with Gasteiger partial charge in [0.15, 0.2) is 0 Å². The molecule has 16 heavy (non-hydrogen) atoms. The van der Waals surface area contributed by atoms with Gasteiger partial charge in [0.05, 0.1) is 5.75 Å². The molecule has 0 radical (unpaired) electrons. The van der Waals surface area contributed by atoms with Gasteiger partial charge in [-0.15, -0.1) is 11.8 Å². The molecule has 84 valence electrons. The summed E-state index contributed by atoms with van der Waals surface area (Å²) in [6.45, 7) is 0. The average molecular weight is 256 g/mol. The van der Waals surface area contributed by atoms with Gasteiger partial charge in [-0.05, 0) is 24.3 Å². The topological polar surface area (TPSA) is 53.1 Å². The summed E-state index contributed by atoms with van der Waals surface area (Å²) in [4.78, 5) is 13.6. The lowest BCUT2D eigenvalue weighted by molar-refractivity contribution is -0.133. The molecule has 0 fully saturated rings. The molecule has 1 heterocycles. The maximum atomic E-state index is 10.4. The van der Waals surface area contributed by atoms with Crippen molar-refractivity contribution in [3.63, 3.8) is 0 Å². The van der Waals surface area contributed by atoms with E-state index in [1.165, 1.54) is 11.8 Å². The first kappa shape index (κ1) is 11.4. The van der Waals surface area contributed by atoms with Crippen LogP contribution in [0.2, 0.25) is 5.02 Å². The molecule has 0 saturated heterocycles. The summed E-state index contributed by atoms with van der Waals surface area (Å²) in [7, 11) is 0. The van der Waals surface area contributed by atoms with Crippen LogP contribution in [0.4, 0.5) is 0 Å². The van der Waals surface area contributed by atoms with Gasteiger partial charge in [-0.3, -0.25) is 4.79 Å². The van der Waals surface area contributed by atoms with E-state index >= 15 is 0 Å². The van der Waals surface area contributed by atoms with E-state index in [2.05, 4.69) is 4.98 Å². The maximum Gasteiger partial charge on any atom is 0.313 e. The summed E-state index contributed by atoms with van der Waals surface area (Å²) >= 11 is 7.25. The Kier molecular flexibility index (Phi) is 3.41. The highest BCUT2D eigenvalue weighted by Crippen LogP contribution is 2.22. The molecule has 5 heteroatoms. The van der Waals surface area contributed by atoms with Crippen LogP contribution in [0, 0.1) is 0 Å². The van der Waals surface area contributed by atoms with E-state index in [0.717, 1.165) is 16.6 Å². The second-order valence-corrected chi connectivity index (χ2v) is 4.83. The normalized spacial score (nSPS) is 10.8. The van der Waals surface area contributed by atoms with Crippen molar-refractivity contribution in [1.29, 1.82) is 0 Å². The molecule has 0 unspecified atom stereocenters. The van der Waals surface area contributed by atoms with Gasteiger partial charge in [0, 0.05) is 27.4 Å². The molecule has 2 rings (SSSR count). The van der Waals surface area contributed by atoms with Crippen molar-refractivity contribution in [3.05, 3.63) is 35.0 Å². The predicted octanol–water partition coefficient (Wildman–Crippen LogP) is 3.14. The number of hydrogen-bond donors (Lipinski definition) is 2. The fourth-order valence-corrected chi connectivity index (χ4v) is 2.32. The standard InChI is InChI=1S/C11H10ClNO2S/c12-8-1-2-10-7(3-8)4-9(13-10)5-16-6-11(14)15/h1-4,13H,5-6H2,(H,14,15). The number of nitrogens with one attached hydrogen (secondary N) is 1. The number of H-pyrrole nitrogens is 1. The van der Waals surface area contributed by atoms with E-state index in [-0.39, 0.29) is 5.75 Å². The van der Waals surface area contributed by atoms with Crippen LogP contribution in [0.5, 0.6) is 0 Å². The van der Waals surface area contributed by atoms with Gasteiger partial charge in [-0.2, -0.15) is 0 Å². The molecular formula is C11H10ClNO2S. The van der Waals surface area contributed by atoms with Crippen LogP contribution >= 0.6 is 23.4 Å². The minimum absolute atomic E-state index is 0.121. The van der Waals surface area contributed by atoms with Gasteiger partial charge < -0.3 is 10.1 Å². The number of halogens is 1. The number of aliphatic carboxylic acids is 1. The van der Waals surface area contributed by atoms with Crippen molar-refractivity contribution in [2.24, 2.45) is 0 Å². The van der Waals surface area contributed by atoms with E-state index < -0.39 is 5.97 Å². The van der Waals surface area contributed by atoms with Crippen LogP contribution < -0.4 is 0 Å². The van der Waals surface area contributed by atoms with E-state index in [1.54, 1.807) is 0 Å². The third-order valence-electron chi connectivity index (χ3n) is 2.12. The van der Waals surface area contributed by atoms with Crippen molar-refractivity contribution < 1.29 is 9.90 Å². The number of thioether (sulfide) groups is 1. The highest BCUT2D eigenvalue weighted by atomic mass is 35.5. The Morgan fingerprint density at radius 3 is 3.00 bits per heavy atom. The molecule has 1 aromatic carbocycles. The number of aromatic amines is 1. The first-order valence-corrected chi connectivity index (χ1v) is 6.25. The second kappa shape index (κ2) is 4.80. The van der Waals surface area contributed by atoms with Crippen LogP contribution in [0.25, 0.3) is 10.9 Å². The Bertz CT molecular complexity index is 524. The SMILES string of the molecule is O=C(O)CSCc1cc2cc(Cl)ccc2[nH]1. The third kappa shape index (κ3) is 2.71.